The molecule has 0 aromatic heterocycles. The van der Waals surface area contributed by atoms with E-state index >= 15 is 0 Å². The molecule has 4 heteroatoms. The van der Waals surface area contributed by atoms with Crippen molar-refractivity contribution in [1.29, 1.82) is 0 Å². The molecule has 0 saturated carbocycles. The van der Waals surface area contributed by atoms with Crippen LogP contribution in [0.5, 0.6) is 0 Å². The third-order valence-corrected chi connectivity index (χ3v) is 2.30. The average molecular weight is 246 g/mol. The maximum Gasteiger partial charge on any atom is 0.332 e. The van der Waals surface area contributed by atoms with Crippen LogP contribution in [-0.2, 0) is 9.53 Å². The molecule has 0 N–H and O–H groups in total. The van der Waals surface area contributed by atoms with Crippen LogP contribution >= 0.6 is 0 Å². The Balaban J connectivity index is 2.62. The summed E-state index contributed by atoms with van der Waals surface area (Å²) < 4.78 is 4.83. The molecule has 0 bridgehead atoms. The van der Waals surface area contributed by atoms with Gasteiger partial charge < -0.3 is 4.74 Å². The first-order valence-electron chi connectivity index (χ1n) is 5.81. The molecule has 0 aliphatic heterocycles. The number of ether oxygens (including phenoxy) is 1. The number of hydrazone groups is 1. The second-order valence-electron chi connectivity index (χ2n) is 3.72. The number of allylic oxidation sites excluding steroid dienone is 1. The fourth-order valence-electron chi connectivity index (χ4n) is 1.23. The zero-order chi connectivity index (χ0) is 13.4. The Hall–Kier alpha value is -2.10. The second-order valence-corrected chi connectivity index (χ2v) is 3.72. The van der Waals surface area contributed by atoms with Crippen molar-refractivity contribution >= 4 is 12.2 Å². The lowest BCUT2D eigenvalue weighted by Gasteiger charge is -2.12. The summed E-state index contributed by atoms with van der Waals surface area (Å²) in [5.41, 5.74) is 1.73. The molecule has 18 heavy (non-hydrogen) atoms. The van der Waals surface area contributed by atoms with Crippen LogP contribution in [0, 0.1) is 0 Å². The summed E-state index contributed by atoms with van der Waals surface area (Å²) in [7, 11) is 1.78. The van der Waals surface area contributed by atoms with Crippen molar-refractivity contribution in [2.24, 2.45) is 5.10 Å². The quantitative estimate of drug-likeness (QED) is 0.347. The molecule has 4 nitrogen and oxygen atoms in total. The topological polar surface area (TPSA) is 41.9 Å². The molecule has 0 amide bonds. The number of carbonyl (C=O) groups is 1. The van der Waals surface area contributed by atoms with Gasteiger partial charge in [-0.1, -0.05) is 30.3 Å². The Labute approximate surface area is 108 Å². The number of esters is 1. The fraction of sp³-hybridized carbons (Fsp3) is 0.286. The Kier molecular flexibility index (Phi) is 5.64. The van der Waals surface area contributed by atoms with Crippen LogP contribution < -0.4 is 0 Å². The minimum Gasteiger partial charge on any atom is -0.463 e. The van der Waals surface area contributed by atoms with Gasteiger partial charge in [0.25, 0.3) is 0 Å². The Morgan fingerprint density at radius 1 is 1.39 bits per heavy atom. The zero-order valence-corrected chi connectivity index (χ0v) is 11.0. The molecule has 0 unspecified atom stereocenters. The molecule has 96 valence electrons. The molecular weight excluding hydrogens is 228 g/mol. The van der Waals surface area contributed by atoms with Gasteiger partial charge in [-0.05, 0) is 19.4 Å². The van der Waals surface area contributed by atoms with Gasteiger partial charge in [-0.15, -0.1) is 0 Å². The van der Waals surface area contributed by atoms with Gasteiger partial charge in [0.15, 0.2) is 0 Å². The summed E-state index contributed by atoms with van der Waals surface area (Å²) in [5.74, 6) is -0.350. The van der Waals surface area contributed by atoms with Crippen LogP contribution in [0.2, 0.25) is 0 Å². The molecule has 1 aromatic rings. The first-order valence-corrected chi connectivity index (χ1v) is 5.81. The molecule has 0 fully saturated rings. The van der Waals surface area contributed by atoms with Gasteiger partial charge in [0.05, 0.1) is 12.8 Å². The predicted molar refractivity (Wildman–Crippen MR) is 72.2 cm³/mol. The van der Waals surface area contributed by atoms with Crippen LogP contribution in [0.25, 0.3) is 0 Å². The van der Waals surface area contributed by atoms with E-state index in [1.54, 1.807) is 32.1 Å². The monoisotopic (exact) mass is 246 g/mol. The second kappa shape index (κ2) is 7.27. The SMILES string of the molecule is CCOC(=O)/C=C(\C)N(C)/N=C/c1ccccc1. The summed E-state index contributed by atoms with van der Waals surface area (Å²) in [5, 5.41) is 5.87. The first kappa shape index (κ1) is 14.0. The van der Waals surface area contributed by atoms with Gasteiger partial charge in [0, 0.05) is 18.8 Å². The molecule has 0 aliphatic carbocycles. The number of hydrogen-bond donors (Lipinski definition) is 0. The standard InChI is InChI=1S/C14H18N2O2/c1-4-18-14(17)10-12(2)16(3)15-11-13-8-6-5-7-9-13/h5-11H,4H2,1-3H3/b12-10+,15-11+. The maximum absolute atomic E-state index is 11.3. The van der Waals surface area contributed by atoms with Gasteiger partial charge in [0.1, 0.15) is 0 Å². The summed E-state index contributed by atoms with van der Waals surface area (Å²) in [6.07, 6.45) is 3.16. The molecular formula is C14H18N2O2. The lowest BCUT2D eigenvalue weighted by Crippen LogP contribution is -2.11. The zero-order valence-electron chi connectivity index (χ0n) is 11.0. The number of benzene rings is 1. The third kappa shape index (κ3) is 4.82. The summed E-state index contributed by atoms with van der Waals surface area (Å²) >= 11 is 0. The van der Waals surface area contributed by atoms with E-state index in [1.807, 2.05) is 30.3 Å². The molecule has 0 aliphatic rings. The molecule has 1 aromatic carbocycles. The highest BCUT2D eigenvalue weighted by Gasteiger charge is 2.01. The van der Waals surface area contributed by atoms with E-state index in [9.17, 15) is 4.79 Å². The van der Waals surface area contributed by atoms with Crippen LogP contribution in [-0.4, -0.2) is 30.8 Å². The highest BCUT2D eigenvalue weighted by molar-refractivity contribution is 5.82. The van der Waals surface area contributed by atoms with E-state index in [-0.39, 0.29) is 5.97 Å². The fourth-order valence-corrected chi connectivity index (χ4v) is 1.23. The van der Waals surface area contributed by atoms with Crippen molar-refractivity contribution in [3.8, 4) is 0 Å². The highest BCUT2D eigenvalue weighted by atomic mass is 16.5. The van der Waals surface area contributed by atoms with Gasteiger partial charge >= 0.3 is 5.97 Å². The lowest BCUT2D eigenvalue weighted by molar-refractivity contribution is -0.137. The van der Waals surface area contributed by atoms with E-state index in [1.165, 1.54) is 6.08 Å². The number of hydrogen-bond acceptors (Lipinski definition) is 4. The maximum atomic E-state index is 11.3. The van der Waals surface area contributed by atoms with Crippen LogP contribution in [0.3, 0.4) is 0 Å². The molecule has 0 heterocycles. The molecule has 0 atom stereocenters. The largest absolute Gasteiger partial charge is 0.463 e. The van der Waals surface area contributed by atoms with Gasteiger partial charge in [-0.2, -0.15) is 5.10 Å². The normalized spacial score (nSPS) is 11.6. The third-order valence-electron chi connectivity index (χ3n) is 2.30. The number of carbonyl (C=O) groups excluding carboxylic acids is 1. The van der Waals surface area contributed by atoms with Crippen molar-refractivity contribution < 1.29 is 9.53 Å². The smallest absolute Gasteiger partial charge is 0.332 e. The molecule has 0 saturated heterocycles. The summed E-state index contributed by atoms with van der Waals surface area (Å²) in [4.78, 5) is 11.3. The number of rotatable bonds is 5. The lowest BCUT2D eigenvalue weighted by atomic mass is 10.2. The van der Waals surface area contributed by atoms with Crippen molar-refractivity contribution in [3.05, 3.63) is 47.7 Å². The van der Waals surface area contributed by atoms with Crippen LogP contribution in [0.1, 0.15) is 19.4 Å². The Morgan fingerprint density at radius 3 is 2.67 bits per heavy atom. The van der Waals surface area contributed by atoms with E-state index in [0.717, 1.165) is 11.3 Å². The van der Waals surface area contributed by atoms with Crippen molar-refractivity contribution in [2.45, 2.75) is 13.8 Å². The Morgan fingerprint density at radius 2 is 2.06 bits per heavy atom. The van der Waals surface area contributed by atoms with Gasteiger partial charge in [-0.25, -0.2) is 4.79 Å². The summed E-state index contributed by atoms with van der Waals surface area (Å²) in [6.45, 7) is 3.96. The van der Waals surface area contributed by atoms with Crippen molar-refractivity contribution in [2.75, 3.05) is 13.7 Å². The number of nitrogens with zero attached hydrogens (tertiary/aromatic N) is 2. The van der Waals surface area contributed by atoms with Crippen LogP contribution in [0.15, 0.2) is 47.2 Å². The van der Waals surface area contributed by atoms with E-state index in [0.29, 0.717) is 6.61 Å². The molecule has 1 rings (SSSR count). The molecule has 0 radical (unpaired) electrons. The van der Waals surface area contributed by atoms with Crippen molar-refractivity contribution in [1.82, 2.24) is 5.01 Å². The van der Waals surface area contributed by atoms with E-state index in [4.69, 9.17) is 4.74 Å². The minimum atomic E-state index is -0.350. The van der Waals surface area contributed by atoms with E-state index < -0.39 is 0 Å². The first-order chi connectivity index (χ1) is 8.63. The predicted octanol–water partition coefficient (Wildman–Crippen LogP) is 2.42. The van der Waals surface area contributed by atoms with E-state index in [2.05, 4.69) is 5.10 Å². The van der Waals surface area contributed by atoms with Gasteiger partial charge in [-0.3, -0.25) is 5.01 Å². The highest BCUT2D eigenvalue weighted by Crippen LogP contribution is 2.02. The minimum absolute atomic E-state index is 0.350. The summed E-state index contributed by atoms with van der Waals surface area (Å²) in [6, 6.07) is 9.77. The average Bonchev–Trinajstić information content (AvgIpc) is 2.37. The van der Waals surface area contributed by atoms with Crippen LogP contribution in [0.4, 0.5) is 0 Å². The van der Waals surface area contributed by atoms with Crippen molar-refractivity contribution in [3.63, 3.8) is 0 Å². The van der Waals surface area contributed by atoms with Gasteiger partial charge in [0.2, 0.25) is 0 Å². The molecule has 0 spiro atoms. The Bertz CT molecular complexity index is 438.